The van der Waals surface area contributed by atoms with Gasteiger partial charge in [-0.1, -0.05) is 29.5 Å². The van der Waals surface area contributed by atoms with Gasteiger partial charge < -0.3 is 5.73 Å². The number of nitrogens with zero attached hydrogens (tertiary/aromatic N) is 6. The highest BCUT2D eigenvalue weighted by Gasteiger charge is 2.15. The molecule has 1 amide bonds. The number of rotatable bonds is 4. The van der Waals surface area contributed by atoms with Gasteiger partial charge in [0.15, 0.2) is 5.69 Å². The highest BCUT2D eigenvalue weighted by Crippen LogP contribution is 2.09. The molecular formula is C13H12N8O2. The first-order chi connectivity index (χ1) is 11.1. The van der Waals surface area contributed by atoms with Crippen LogP contribution in [0, 0.1) is 6.92 Å². The van der Waals surface area contributed by atoms with Gasteiger partial charge in [0.2, 0.25) is 11.6 Å². The smallest absolute Gasteiger partial charge is 0.293 e. The Balaban J connectivity index is 1.69. The summed E-state index contributed by atoms with van der Waals surface area (Å²) in [6.07, 6.45) is 2.89. The molecule has 10 heteroatoms. The summed E-state index contributed by atoms with van der Waals surface area (Å²) in [5.41, 5.74) is 9.91. The maximum absolute atomic E-state index is 12.0. The number of benzene rings is 1. The minimum Gasteiger partial charge on any atom is -0.378 e. The minimum absolute atomic E-state index is 0.0411. The molecule has 2 heterocycles. The highest BCUT2D eigenvalue weighted by molar-refractivity contribution is 5.93. The van der Waals surface area contributed by atoms with E-state index in [9.17, 15) is 4.79 Å². The molecule has 3 aromatic rings. The van der Waals surface area contributed by atoms with Crippen molar-refractivity contribution in [2.45, 2.75) is 6.92 Å². The van der Waals surface area contributed by atoms with Crippen molar-refractivity contribution >= 4 is 17.9 Å². The van der Waals surface area contributed by atoms with Gasteiger partial charge in [-0.05, 0) is 28.4 Å². The summed E-state index contributed by atoms with van der Waals surface area (Å²) in [6, 6.07) is 7.65. The van der Waals surface area contributed by atoms with E-state index < -0.39 is 5.91 Å². The van der Waals surface area contributed by atoms with E-state index >= 15 is 0 Å². The molecule has 0 spiro atoms. The molecule has 116 valence electrons. The number of hydrogen-bond donors (Lipinski definition) is 2. The summed E-state index contributed by atoms with van der Waals surface area (Å²) in [6.45, 7) is 1.95. The van der Waals surface area contributed by atoms with E-state index in [2.05, 4.69) is 35.8 Å². The van der Waals surface area contributed by atoms with Crippen molar-refractivity contribution in [2.24, 2.45) is 5.10 Å². The number of nitrogens with two attached hydrogens (primary N) is 1. The number of carbonyl (C=O) groups is 1. The molecule has 0 unspecified atom stereocenters. The zero-order chi connectivity index (χ0) is 16.2. The summed E-state index contributed by atoms with van der Waals surface area (Å²) in [4.78, 5) is 12.0. The van der Waals surface area contributed by atoms with Crippen molar-refractivity contribution < 1.29 is 9.42 Å². The number of hydrogen-bond acceptors (Lipinski definition) is 8. The Morgan fingerprint density at radius 3 is 2.96 bits per heavy atom. The molecule has 0 aliphatic rings. The van der Waals surface area contributed by atoms with Crippen LogP contribution in [-0.2, 0) is 0 Å². The van der Waals surface area contributed by atoms with Gasteiger partial charge in [-0.2, -0.15) is 9.78 Å². The number of nitrogens with one attached hydrogen (secondary N) is 1. The van der Waals surface area contributed by atoms with Crippen LogP contribution in [0.25, 0.3) is 5.82 Å². The van der Waals surface area contributed by atoms with Gasteiger partial charge in [0.1, 0.15) is 0 Å². The lowest BCUT2D eigenvalue weighted by atomic mass is 10.1. The number of hydrazone groups is 1. The number of nitrogen functional groups attached to an aromatic ring is 1. The predicted molar refractivity (Wildman–Crippen MR) is 79.9 cm³/mol. The third-order valence-electron chi connectivity index (χ3n) is 3.00. The molecule has 0 fully saturated rings. The van der Waals surface area contributed by atoms with Gasteiger partial charge in [0.25, 0.3) is 5.91 Å². The van der Waals surface area contributed by atoms with Gasteiger partial charge in [-0.3, -0.25) is 4.79 Å². The number of aromatic nitrogens is 5. The molecule has 0 aliphatic heterocycles. The Kier molecular flexibility index (Phi) is 3.78. The lowest BCUT2D eigenvalue weighted by Crippen LogP contribution is -2.18. The second-order valence-electron chi connectivity index (χ2n) is 4.58. The van der Waals surface area contributed by atoms with E-state index in [4.69, 9.17) is 5.73 Å². The molecular weight excluding hydrogens is 300 g/mol. The molecule has 0 radical (unpaired) electrons. The average Bonchev–Trinajstić information content (AvgIpc) is 3.17. The number of aryl methyl sites for hydroxylation is 1. The van der Waals surface area contributed by atoms with Crippen molar-refractivity contribution in [3.8, 4) is 5.82 Å². The molecule has 0 aliphatic carbocycles. The van der Waals surface area contributed by atoms with Crippen LogP contribution in [-0.4, -0.2) is 37.4 Å². The highest BCUT2D eigenvalue weighted by atomic mass is 16.6. The van der Waals surface area contributed by atoms with E-state index in [1.807, 2.05) is 31.2 Å². The second kappa shape index (κ2) is 6.05. The lowest BCUT2D eigenvalue weighted by molar-refractivity contribution is 0.0950. The van der Waals surface area contributed by atoms with Crippen LogP contribution in [0.4, 0.5) is 5.82 Å². The topological polar surface area (TPSA) is 137 Å². The van der Waals surface area contributed by atoms with Crippen LogP contribution in [0.5, 0.6) is 0 Å². The molecule has 3 N–H and O–H groups in total. The molecule has 2 aromatic heterocycles. The van der Waals surface area contributed by atoms with Crippen molar-refractivity contribution in [2.75, 3.05) is 5.73 Å². The van der Waals surface area contributed by atoms with Crippen LogP contribution >= 0.6 is 0 Å². The van der Waals surface area contributed by atoms with E-state index in [0.717, 1.165) is 11.1 Å². The van der Waals surface area contributed by atoms with E-state index in [0.29, 0.717) is 0 Å². The predicted octanol–water partition coefficient (Wildman–Crippen LogP) is 0.305. The Morgan fingerprint density at radius 2 is 2.22 bits per heavy atom. The minimum atomic E-state index is -0.517. The normalized spacial score (nSPS) is 11.0. The third-order valence-corrected chi connectivity index (χ3v) is 3.00. The molecule has 3 rings (SSSR count). The van der Waals surface area contributed by atoms with Gasteiger partial charge in [0.05, 0.1) is 12.4 Å². The van der Waals surface area contributed by atoms with Gasteiger partial charge >= 0.3 is 0 Å². The van der Waals surface area contributed by atoms with E-state index in [1.165, 1.54) is 10.9 Å². The lowest BCUT2D eigenvalue weighted by Gasteiger charge is -1.98. The zero-order valence-electron chi connectivity index (χ0n) is 12.0. The molecule has 0 atom stereocenters. The average molecular weight is 312 g/mol. The fourth-order valence-corrected chi connectivity index (χ4v) is 1.77. The fraction of sp³-hybridized carbons (Fsp3) is 0.0769. The Hall–Kier alpha value is -3.56. The molecule has 0 bridgehead atoms. The molecule has 0 saturated carbocycles. The SMILES string of the molecule is Cc1ccccc1C=NNC(=O)c1cn(-c2nonc2N)nn1. The summed E-state index contributed by atoms with van der Waals surface area (Å²) in [5.74, 6) is -0.324. The van der Waals surface area contributed by atoms with Crippen LogP contribution in [0.3, 0.4) is 0 Å². The third kappa shape index (κ3) is 3.05. The van der Waals surface area contributed by atoms with Crippen molar-refractivity contribution in [3.63, 3.8) is 0 Å². The largest absolute Gasteiger partial charge is 0.378 e. The molecule has 1 aromatic carbocycles. The number of amides is 1. The molecule has 23 heavy (non-hydrogen) atoms. The first-order valence-corrected chi connectivity index (χ1v) is 6.55. The Morgan fingerprint density at radius 1 is 1.39 bits per heavy atom. The number of carbonyl (C=O) groups excluding carboxylic acids is 1. The summed E-state index contributed by atoms with van der Waals surface area (Å²) in [5, 5.41) is 18.3. The second-order valence-corrected chi connectivity index (χ2v) is 4.58. The van der Waals surface area contributed by atoms with Crippen molar-refractivity contribution in [3.05, 3.63) is 47.3 Å². The van der Waals surface area contributed by atoms with Crippen LogP contribution in [0.1, 0.15) is 21.6 Å². The monoisotopic (exact) mass is 312 g/mol. The maximum Gasteiger partial charge on any atom is 0.293 e. The Bertz CT molecular complexity index is 866. The standard InChI is InChI=1S/C13H12N8O2/c1-8-4-2-3-5-9(8)6-15-17-13(22)10-7-21(20-16-10)12-11(14)18-23-19-12/h2-7H,1H3,(H2,14,18)(H,17,22). The molecule has 10 nitrogen and oxygen atoms in total. The molecule has 0 saturated heterocycles. The van der Waals surface area contributed by atoms with Crippen molar-refractivity contribution in [1.82, 2.24) is 30.7 Å². The Labute approximate surface area is 129 Å². The number of anilines is 1. The van der Waals surface area contributed by atoms with E-state index in [-0.39, 0.29) is 17.3 Å². The fourth-order valence-electron chi connectivity index (χ4n) is 1.77. The summed E-state index contributed by atoms with van der Waals surface area (Å²) in [7, 11) is 0. The van der Waals surface area contributed by atoms with Gasteiger partial charge in [-0.15, -0.1) is 5.10 Å². The quantitative estimate of drug-likeness (QED) is 0.522. The zero-order valence-corrected chi connectivity index (χ0v) is 12.0. The first kappa shape index (κ1) is 14.4. The van der Waals surface area contributed by atoms with Crippen molar-refractivity contribution in [1.29, 1.82) is 0 Å². The summed E-state index contributed by atoms with van der Waals surface area (Å²) >= 11 is 0. The van der Waals surface area contributed by atoms with Crippen LogP contribution in [0.15, 0.2) is 40.2 Å². The van der Waals surface area contributed by atoms with Crippen LogP contribution in [0.2, 0.25) is 0 Å². The maximum atomic E-state index is 12.0. The van der Waals surface area contributed by atoms with Gasteiger partial charge in [0, 0.05) is 0 Å². The first-order valence-electron chi connectivity index (χ1n) is 6.55. The van der Waals surface area contributed by atoms with E-state index in [1.54, 1.807) is 6.21 Å². The van der Waals surface area contributed by atoms with Crippen LogP contribution < -0.4 is 11.2 Å². The summed E-state index contributed by atoms with van der Waals surface area (Å²) < 4.78 is 5.64. The van der Waals surface area contributed by atoms with Gasteiger partial charge in [-0.25, -0.2) is 10.1 Å².